The van der Waals surface area contributed by atoms with Gasteiger partial charge < -0.3 is 5.32 Å². The lowest BCUT2D eigenvalue weighted by Crippen LogP contribution is -2.17. The van der Waals surface area contributed by atoms with Gasteiger partial charge in [-0.3, -0.25) is 9.59 Å². The number of pyridine rings is 1. The van der Waals surface area contributed by atoms with Gasteiger partial charge in [-0.2, -0.15) is 0 Å². The number of aromatic nitrogens is 1. The fraction of sp³-hybridized carbons (Fsp3) is 0.240. The molecule has 0 spiro atoms. The summed E-state index contributed by atoms with van der Waals surface area (Å²) in [5.74, 6) is 0.288. The number of Topliss-reactive ketones (excluding diaryl/α,β-unsaturated/α-hetero) is 1. The van der Waals surface area contributed by atoms with E-state index in [-0.39, 0.29) is 17.1 Å². The molecule has 2 aromatic carbocycles. The Morgan fingerprint density at radius 1 is 0.931 bits per heavy atom. The van der Waals surface area contributed by atoms with Gasteiger partial charge in [-0.05, 0) is 65.8 Å². The van der Waals surface area contributed by atoms with E-state index in [1.54, 1.807) is 19.2 Å². The zero-order valence-electron chi connectivity index (χ0n) is 17.3. The quantitative estimate of drug-likeness (QED) is 0.537. The molecule has 0 bridgehead atoms. The number of benzene rings is 2. The molecule has 0 aliphatic rings. The second-order valence-electron chi connectivity index (χ2n) is 7.84. The normalized spacial score (nSPS) is 11.2. The van der Waals surface area contributed by atoms with Crippen molar-refractivity contribution in [1.29, 1.82) is 0 Å². The minimum atomic E-state index is -0.201. The van der Waals surface area contributed by atoms with Crippen molar-refractivity contribution >= 4 is 17.5 Å². The van der Waals surface area contributed by atoms with Crippen molar-refractivity contribution in [2.75, 3.05) is 5.32 Å². The smallest absolute Gasteiger partial charge is 0.256 e. The van der Waals surface area contributed by atoms with Crippen LogP contribution in [0.1, 0.15) is 60.4 Å². The highest BCUT2D eigenvalue weighted by atomic mass is 16.1. The van der Waals surface area contributed by atoms with Crippen LogP contribution in [0.4, 0.5) is 5.82 Å². The number of carbonyl (C=O) groups excluding carboxylic acids is 2. The van der Waals surface area contributed by atoms with E-state index in [9.17, 15) is 9.59 Å². The van der Waals surface area contributed by atoms with Crippen molar-refractivity contribution in [2.24, 2.45) is 0 Å². The lowest BCUT2D eigenvalue weighted by Gasteiger charge is -2.23. The van der Waals surface area contributed by atoms with Gasteiger partial charge >= 0.3 is 0 Å². The summed E-state index contributed by atoms with van der Waals surface area (Å²) >= 11 is 0. The van der Waals surface area contributed by atoms with Crippen LogP contribution in [0.2, 0.25) is 0 Å². The van der Waals surface area contributed by atoms with E-state index in [1.165, 1.54) is 5.56 Å². The van der Waals surface area contributed by atoms with Crippen molar-refractivity contribution in [1.82, 2.24) is 4.98 Å². The maximum Gasteiger partial charge on any atom is 0.256 e. The summed E-state index contributed by atoms with van der Waals surface area (Å²) in [6, 6.07) is 18.8. The van der Waals surface area contributed by atoms with Crippen LogP contribution in [0, 0.1) is 0 Å². The number of hydrogen-bond acceptors (Lipinski definition) is 3. The Balaban J connectivity index is 1.79. The van der Waals surface area contributed by atoms with Crippen LogP contribution in [-0.2, 0) is 5.41 Å². The van der Waals surface area contributed by atoms with E-state index < -0.39 is 0 Å². The van der Waals surface area contributed by atoms with Gasteiger partial charge in [-0.25, -0.2) is 4.98 Å². The maximum atomic E-state index is 12.6. The average molecular weight is 386 g/mol. The second kappa shape index (κ2) is 8.39. The first-order valence-corrected chi connectivity index (χ1v) is 9.79. The first-order valence-electron chi connectivity index (χ1n) is 9.79. The molecular weight excluding hydrogens is 360 g/mol. The number of rotatable bonds is 6. The summed E-state index contributed by atoms with van der Waals surface area (Å²) in [7, 11) is 0. The highest BCUT2D eigenvalue weighted by Gasteiger charge is 2.18. The number of ketones is 1. The molecular formula is C25H26N2O2. The third kappa shape index (κ3) is 4.77. The Bertz CT molecular complexity index is 1040. The standard InChI is InChI=1S/C25H26N2O2/c1-5-25(3,4)22-11-9-18(10-12-22)24(29)27-23-16-21(13-14-26-23)20-8-6-7-19(15-20)17(2)28/h6-16H,5H2,1-4H3,(H,26,27,29). The predicted molar refractivity (Wildman–Crippen MR) is 117 cm³/mol. The number of nitrogens with one attached hydrogen (secondary N) is 1. The molecule has 1 heterocycles. The Morgan fingerprint density at radius 3 is 2.28 bits per heavy atom. The summed E-state index contributed by atoms with van der Waals surface area (Å²) in [4.78, 5) is 28.5. The van der Waals surface area contributed by atoms with Crippen molar-refractivity contribution in [3.8, 4) is 11.1 Å². The van der Waals surface area contributed by atoms with Crippen molar-refractivity contribution in [2.45, 2.75) is 39.5 Å². The first kappa shape index (κ1) is 20.5. The average Bonchev–Trinajstić information content (AvgIpc) is 2.74. The van der Waals surface area contributed by atoms with Crippen LogP contribution in [0.25, 0.3) is 11.1 Å². The van der Waals surface area contributed by atoms with Gasteiger partial charge in [-0.1, -0.05) is 51.1 Å². The zero-order chi connectivity index (χ0) is 21.0. The van der Waals surface area contributed by atoms with Crippen molar-refractivity contribution in [3.05, 3.63) is 83.6 Å². The summed E-state index contributed by atoms with van der Waals surface area (Å²) in [6.07, 6.45) is 2.68. The molecule has 4 nitrogen and oxygen atoms in total. The minimum Gasteiger partial charge on any atom is -0.307 e. The highest BCUT2D eigenvalue weighted by Crippen LogP contribution is 2.27. The molecule has 0 saturated carbocycles. The van der Waals surface area contributed by atoms with Crippen LogP contribution >= 0.6 is 0 Å². The second-order valence-corrected chi connectivity index (χ2v) is 7.84. The molecule has 0 aliphatic carbocycles. The molecule has 1 amide bonds. The summed E-state index contributed by atoms with van der Waals surface area (Å²) in [6.45, 7) is 8.09. The third-order valence-corrected chi connectivity index (χ3v) is 5.42. The van der Waals surface area contributed by atoms with Gasteiger partial charge in [0, 0.05) is 17.3 Å². The molecule has 0 atom stereocenters. The van der Waals surface area contributed by atoms with E-state index >= 15 is 0 Å². The van der Waals surface area contributed by atoms with Crippen LogP contribution in [0.5, 0.6) is 0 Å². The van der Waals surface area contributed by atoms with Crippen LogP contribution < -0.4 is 5.32 Å². The van der Waals surface area contributed by atoms with Crippen molar-refractivity contribution in [3.63, 3.8) is 0 Å². The fourth-order valence-corrected chi connectivity index (χ4v) is 3.06. The molecule has 29 heavy (non-hydrogen) atoms. The van der Waals surface area contributed by atoms with Gasteiger partial charge in [0.15, 0.2) is 5.78 Å². The number of amides is 1. The Labute approximate surface area is 172 Å². The lowest BCUT2D eigenvalue weighted by molar-refractivity contribution is 0.101. The number of carbonyl (C=O) groups is 2. The number of anilines is 1. The van der Waals surface area contributed by atoms with Gasteiger partial charge in [0.1, 0.15) is 5.82 Å². The molecule has 1 aromatic heterocycles. The summed E-state index contributed by atoms with van der Waals surface area (Å²) < 4.78 is 0. The Kier molecular flexibility index (Phi) is 5.92. The third-order valence-electron chi connectivity index (χ3n) is 5.42. The zero-order valence-corrected chi connectivity index (χ0v) is 17.3. The Morgan fingerprint density at radius 2 is 1.62 bits per heavy atom. The van der Waals surface area contributed by atoms with Gasteiger partial charge in [0.05, 0.1) is 0 Å². The monoisotopic (exact) mass is 386 g/mol. The van der Waals surface area contributed by atoms with Gasteiger partial charge in [0.25, 0.3) is 5.91 Å². The van der Waals surface area contributed by atoms with Crippen molar-refractivity contribution < 1.29 is 9.59 Å². The molecule has 0 fully saturated rings. The fourth-order valence-electron chi connectivity index (χ4n) is 3.06. The Hall–Kier alpha value is -3.27. The van der Waals surface area contributed by atoms with Crippen LogP contribution in [0.15, 0.2) is 66.9 Å². The molecule has 0 saturated heterocycles. The van der Waals surface area contributed by atoms with Gasteiger partial charge in [0.2, 0.25) is 0 Å². The lowest BCUT2D eigenvalue weighted by atomic mass is 9.82. The molecule has 0 aliphatic heterocycles. The largest absolute Gasteiger partial charge is 0.307 e. The molecule has 3 aromatic rings. The molecule has 1 N–H and O–H groups in total. The molecule has 0 radical (unpaired) electrons. The predicted octanol–water partition coefficient (Wildman–Crippen LogP) is 5.89. The van der Waals surface area contributed by atoms with E-state index in [0.29, 0.717) is 16.9 Å². The first-order chi connectivity index (χ1) is 13.8. The number of hydrogen-bond donors (Lipinski definition) is 1. The van der Waals surface area contributed by atoms with Gasteiger partial charge in [-0.15, -0.1) is 0 Å². The number of nitrogens with zero attached hydrogens (tertiary/aromatic N) is 1. The summed E-state index contributed by atoms with van der Waals surface area (Å²) in [5.41, 5.74) is 4.33. The molecule has 148 valence electrons. The minimum absolute atomic E-state index is 0.0177. The summed E-state index contributed by atoms with van der Waals surface area (Å²) in [5, 5.41) is 2.86. The van der Waals surface area contributed by atoms with E-state index in [0.717, 1.165) is 17.5 Å². The van der Waals surface area contributed by atoms with E-state index in [4.69, 9.17) is 0 Å². The maximum absolute atomic E-state index is 12.6. The topological polar surface area (TPSA) is 59.1 Å². The van der Waals surface area contributed by atoms with Crippen LogP contribution in [-0.4, -0.2) is 16.7 Å². The highest BCUT2D eigenvalue weighted by molar-refractivity contribution is 6.04. The molecule has 4 heteroatoms. The van der Waals surface area contributed by atoms with E-state index in [2.05, 4.69) is 31.1 Å². The molecule has 0 unspecified atom stereocenters. The van der Waals surface area contributed by atoms with E-state index in [1.807, 2.05) is 54.6 Å². The van der Waals surface area contributed by atoms with Crippen LogP contribution in [0.3, 0.4) is 0 Å². The SMILES string of the molecule is CCC(C)(C)c1ccc(C(=O)Nc2cc(-c3cccc(C(C)=O)c3)ccn2)cc1. The molecule has 3 rings (SSSR count).